The summed E-state index contributed by atoms with van der Waals surface area (Å²) in [5.41, 5.74) is 1.48. The highest BCUT2D eigenvalue weighted by atomic mass is 35.5. The van der Waals surface area contributed by atoms with Crippen LogP contribution < -0.4 is 20.1 Å². The normalized spacial score (nSPS) is 10.7. The van der Waals surface area contributed by atoms with Crippen LogP contribution >= 0.6 is 11.6 Å². The van der Waals surface area contributed by atoms with E-state index in [1.807, 2.05) is 30.3 Å². The van der Waals surface area contributed by atoms with Crippen molar-refractivity contribution in [2.24, 2.45) is 0 Å². The van der Waals surface area contributed by atoms with Crippen LogP contribution in [-0.4, -0.2) is 26.7 Å². The van der Waals surface area contributed by atoms with E-state index in [0.29, 0.717) is 28.8 Å². The second kappa shape index (κ2) is 10.1. The Labute approximate surface area is 163 Å². The molecule has 0 aliphatic carbocycles. The van der Waals surface area contributed by atoms with Crippen LogP contribution in [0.1, 0.15) is 5.56 Å². The molecule has 0 radical (unpaired) electrons. The molecule has 0 aliphatic heterocycles. The topological polar surface area (TPSA) is 83.4 Å². The molecule has 0 saturated carbocycles. The second-order valence-corrected chi connectivity index (χ2v) is 5.96. The lowest BCUT2D eigenvalue weighted by Crippen LogP contribution is -2.18. The van der Waals surface area contributed by atoms with Gasteiger partial charge in [-0.25, -0.2) is 0 Å². The number of nitrogens with zero attached hydrogens (tertiary/aromatic N) is 1. The summed E-state index contributed by atoms with van der Waals surface area (Å²) in [5, 5.41) is 15.6. The molecule has 27 heavy (non-hydrogen) atoms. The van der Waals surface area contributed by atoms with E-state index in [4.69, 9.17) is 21.1 Å². The van der Waals surface area contributed by atoms with Crippen LogP contribution in [0.5, 0.6) is 11.5 Å². The molecule has 0 fully saturated rings. The zero-order valence-electron chi connectivity index (χ0n) is 15.1. The van der Waals surface area contributed by atoms with Crippen LogP contribution in [0.25, 0.3) is 0 Å². The Balaban J connectivity index is 1.97. The summed E-state index contributed by atoms with van der Waals surface area (Å²) in [6.07, 6.45) is 2.13. The monoisotopic (exact) mass is 385 g/mol. The number of amides is 1. The number of hydrogen-bond acceptors (Lipinski definition) is 5. The average molecular weight is 386 g/mol. The molecule has 2 rings (SSSR count). The van der Waals surface area contributed by atoms with Gasteiger partial charge in [0, 0.05) is 23.8 Å². The fraction of sp³-hybridized carbons (Fsp3) is 0.200. The first-order valence-electron chi connectivity index (χ1n) is 8.19. The number of methoxy groups -OCH3 is 2. The summed E-state index contributed by atoms with van der Waals surface area (Å²) in [6, 6.07) is 14.4. The number of carbonyl (C=O) groups is 1. The lowest BCUT2D eigenvalue weighted by atomic mass is 10.1. The zero-order valence-corrected chi connectivity index (χ0v) is 15.8. The van der Waals surface area contributed by atoms with Crippen LogP contribution in [0, 0.1) is 11.3 Å². The summed E-state index contributed by atoms with van der Waals surface area (Å²) in [7, 11) is 3.02. The van der Waals surface area contributed by atoms with Gasteiger partial charge in [0.25, 0.3) is 5.91 Å². The Morgan fingerprint density at radius 3 is 2.56 bits per heavy atom. The van der Waals surface area contributed by atoms with Crippen molar-refractivity contribution in [3.8, 4) is 17.6 Å². The van der Waals surface area contributed by atoms with E-state index in [2.05, 4.69) is 10.6 Å². The number of halogens is 1. The first kappa shape index (κ1) is 20.1. The highest BCUT2D eigenvalue weighted by Gasteiger charge is 2.13. The first-order valence-corrected chi connectivity index (χ1v) is 8.56. The van der Waals surface area contributed by atoms with E-state index in [-0.39, 0.29) is 5.57 Å². The van der Waals surface area contributed by atoms with Crippen molar-refractivity contribution < 1.29 is 14.3 Å². The summed E-state index contributed by atoms with van der Waals surface area (Å²) in [4.78, 5) is 12.4. The fourth-order valence-electron chi connectivity index (χ4n) is 2.29. The summed E-state index contributed by atoms with van der Waals surface area (Å²) < 4.78 is 10.4. The Kier molecular flexibility index (Phi) is 7.53. The first-order chi connectivity index (χ1) is 13.1. The molecule has 0 aliphatic rings. The number of hydrogen-bond donors (Lipinski definition) is 2. The highest BCUT2D eigenvalue weighted by molar-refractivity contribution is 6.30. The van der Waals surface area contributed by atoms with E-state index in [9.17, 15) is 10.1 Å². The quantitative estimate of drug-likeness (QED) is 0.412. The van der Waals surface area contributed by atoms with Crippen molar-refractivity contribution in [2.75, 3.05) is 26.1 Å². The lowest BCUT2D eigenvalue weighted by molar-refractivity contribution is -0.112. The van der Waals surface area contributed by atoms with Gasteiger partial charge < -0.3 is 20.1 Å². The van der Waals surface area contributed by atoms with Gasteiger partial charge in [-0.15, -0.1) is 0 Å². The van der Waals surface area contributed by atoms with Gasteiger partial charge in [-0.2, -0.15) is 5.26 Å². The third-order valence-corrected chi connectivity index (χ3v) is 3.99. The minimum Gasteiger partial charge on any atom is -0.497 e. The molecule has 0 unspecified atom stereocenters. The van der Waals surface area contributed by atoms with Crippen LogP contribution in [0.15, 0.2) is 54.2 Å². The number of carbonyl (C=O) groups excluding carboxylic acids is 1. The number of anilines is 1. The molecule has 1 amide bonds. The van der Waals surface area contributed by atoms with Crippen molar-refractivity contribution in [3.05, 3.63) is 64.8 Å². The molecule has 0 aromatic heterocycles. The molecule has 2 aromatic carbocycles. The molecule has 0 bridgehead atoms. The van der Waals surface area contributed by atoms with Crippen molar-refractivity contribution in [1.82, 2.24) is 5.32 Å². The molecule has 0 heterocycles. The van der Waals surface area contributed by atoms with Gasteiger partial charge in [0.05, 0.1) is 19.9 Å². The molecular weight excluding hydrogens is 366 g/mol. The van der Waals surface area contributed by atoms with Crippen molar-refractivity contribution in [2.45, 2.75) is 6.42 Å². The molecule has 0 atom stereocenters. The molecule has 140 valence electrons. The molecule has 7 heteroatoms. The molecule has 2 aromatic rings. The molecule has 6 nitrogen and oxygen atoms in total. The largest absolute Gasteiger partial charge is 0.497 e. The standard InChI is InChI=1S/C20H20ClN3O3/c1-26-17-7-8-19(27-2)18(11-17)24-20(25)15(12-22)13-23-10-9-14-3-5-16(21)6-4-14/h3-8,11,13,23H,9-10H2,1-2H3,(H,24,25)/b15-13-. The highest BCUT2D eigenvalue weighted by Crippen LogP contribution is 2.29. The molecule has 2 N–H and O–H groups in total. The third-order valence-electron chi connectivity index (χ3n) is 3.74. The Morgan fingerprint density at radius 2 is 1.93 bits per heavy atom. The number of nitrogens with one attached hydrogen (secondary N) is 2. The van der Waals surface area contributed by atoms with Crippen molar-refractivity contribution >= 4 is 23.2 Å². The second-order valence-electron chi connectivity index (χ2n) is 5.52. The van der Waals surface area contributed by atoms with E-state index < -0.39 is 5.91 Å². The van der Waals surface area contributed by atoms with Gasteiger partial charge in [0.1, 0.15) is 23.1 Å². The number of benzene rings is 2. The number of rotatable bonds is 8. The van der Waals surface area contributed by atoms with Crippen LogP contribution in [0.3, 0.4) is 0 Å². The Hall–Kier alpha value is -3.17. The third kappa shape index (κ3) is 5.94. The van der Waals surface area contributed by atoms with Gasteiger partial charge in [-0.1, -0.05) is 23.7 Å². The van der Waals surface area contributed by atoms with Gasteiger partial charge in [-0.05, 0) is 36.2 Å². The maximum atomic E-state index is 12.4. The summed E-state index contributed by atoms with van der Waals surface area (Å²) >= 11 is 5.85. The fourth-order valence-corrected chi connectivity index (χ4v) is 2.42. The van der Waals surface area contributed by atoms with Gasteiger partial charge in [0.15, 0.2) is 0 Å². The molecule has 0 spiro atoms. The van der Waals surface area contributed by atoms with E-state index in [1.165, 1.54) is 20.4 Å². The maximum Gasteiger partial charge on any atom is 0.267 e. The van der Waals surface area contributed by atoms with E-state index >= 15 is 0 Å². The van der Waals surface area contributed by atoms with E-state index in [0.717, 1.165) is 12.0 Å². The smallest absolute Gasteiger partial charge is 0.267 e. The summed E-state index contributed by atoms with van der Waals surface area (Å²) in [5.74, 6) is 0.495. The minimum atomic E-state index is -0.539. The van der Waals surface area contributed by atoms with E-state index in [1.54, 1.807) is 18.2 Å². The SMILES string of the molecule is COc1ccc(OC)c(NC(=O)/C(C#N)=C\NCCc2ccc(Cl)cc2)c1. The number of ether oxygens (including phenoxy) is 2. The predicted octanol–water partition coefficient (Wildman–Crippen LogP) is 3.54. The van der Waals surface area contributed by atoms with Crippen molar-refractivity contribution in [1.29, 1.82) is 5.26 Å². The zero-order chi connectivity index (χ0) is 19.6. The van der Waals surface area contributed by atoms with Crippen LogP contribution in [0.4, 0.5) is 5.69 Å². The van der Waals surface area contributed by atoms with Gasteiger partial charge >= 0.3 is 0 Å². The number of nitriles is 1. The van der Waals surface area contributed by atoms with Gasteiger partial charge in [0.2, 0.25) is 0 Å². The summed E-state index contributed by atoms with van der Waals surface area (Å²) in [6.45, 7) is 0.572. The van der Waals surface area contributed by atoms with Crippen LogP contribution in [-0.2, 0) is 11.2 Å². The van der Waals surface area contributed by atoms with Crippen molar-refractivity contribution in [3.63, 3.8) is 0 Å². The predicted molar refractivity (Wildman–Crippen MR) is 105 cm³/mol. The van der Waals surface area contributed by atoms with Gasteiger partial charge in [-0.3, -0.25) is 4.79 Å². The maximum absolute atomic E-state index is 12.4. The molecular formula is C20H20ClN3O3. The van der Waals surface area contributed by atoms with Crippen LogP contribution in [0.2, 0.25) is 5.02 Å². The lowest BCUT2D eigenvalue weighted by Gasteiger charge is -2.11. The molecule has 0 saturated heterocycles. The Bertz CT molecular complexity index is 858. The average Bonchev–Trinajstić information content (AvgIpc) is 2.69. The Morgan fingerprint density at radius 1 is 1.19 bits per heavy atom. The minimum absolute atomic E-state index is 0.0454.